The van der Waals surface area contributed by atoms with Crippen molar-refractivity contribution in [2.45, 2.75) is 4.21 Å². The van der Waals surface area contributed by atoms with Crippen molar-refractivity contribution >= 4 is 38.1 Å². The quantitative estimate of drug-likeness (QED) is 0.884. The Morgan fingerprint density at radius 2 is 1.91 bits per heavy atom. The molecule has 0 amide bonds. The van der Waals surface area contributed by atoms with Gasteiger partial charge in [0.2, 0.25) is 0 Å². The molecule has 1 aromatic carbocycles. The molecule has 2 aliphatic rings. The molecular formula is C14H14N4O3S2. The molecule has 4 rings (SSSR count). The fourth-order valence-corrected chi connectivity index (χ4v) is 4.84. The average molecular weight is 350 g/mol. The predicted molar refractivity (Wildman–Crippen MR) is 88.9 cm³/mol. The minimum atomic E-state index is -3.73. The van der Waals surface area contributed by atoms with Crippen LogP contribution in [0.15, 0.2) is 38.9 Å². The van der Waals surface area contributed by atoms with Crippen molar-refractivity contribution in [3.8, 4) is 0 Å². The van der Waals surface area contributed by atoms with E-state index in [2.05, 4.69) is 14.7 Å². The van der Waals surface area contributed by atoms with Crippen LogP contribution in [-0.2, 0) is 14.8 Å². The van der Waals surface area contributed by atoms with E-state index in [1.54, 1.807) is 0 Å². The summed E-state index contributed by atoms with van der Waals surface area (Å²) in [6, 6.07) is 9.15. The fourth-order valence-electron chi connectivity index (χ4n) is 2.46. The molecule has 0 unspecified atom stereocenters. The number of fused-ring (bicyclic) bond motifs is 1. The minimum Gasteiger partial charge on any atom is -0.378 e. The lowest BCUT2D eigenvalue weighted by molar-refractivity contribution is 0.122. The molecule has 1 N–H and O–H groups in total. The number of morpholine rings is 1. The average Bonchev–Trinajstić information content (AvgIpc) is 3.01. The summed E-state index contributed by atoms with van der Waals surface area (Å²) in [5.41, 5.74) is 0.711. The molecule has 0 aliphatic carbocycles. The van der Waals surface area contributed by atoms with E-state index in [0.29, 0.717) is 48.7 Å². The molecule has 0 atom stereocenters. The molecule has 1 aromatic heterocycles. The number of benzene rings is 1. The van der Waals surface area contributed by atoms with Crippen LogP contribution in [0.25, 0.3) is 0 Å². The SMILES string of the molecule is O=S1(=O)N=C(c2ccccc2)Nc2nc(N3CCOCC3)sc21. The third kappa shape index (κ3) is 2.71. The molecule has 2 aliphatic heterocycles. The molecule has 1 saturated heterocycles. The van der Waals surface area contributed by atoms with Crippen LogP contribution in [0.3, 0.4) is 0 Å². The number of thiazole rings is 1. The number of ether oxygens (including phenoxy) is 1. The monoisotopic (exact) mass is 350 g/mol. The van der Waals surface area contributed by atoms with Crippen LogP contribution < -0.4 is 10.2 Å². The molecule has 9 heteroatoms. The van der Waals surface area contributed by atoms with Crippen molar-refractivity contribution in [1.29, 1.82) is 0 Å². The smallest absolute Gasteiger partial charge is 0.297 e. The lowest BCUT2D eigenvalue weighted by Crippen LogP contribution is -2.36. The largest absolute Gasteiger partial charge is 0.378 e. The zero-order valence-corrected chi connectivity index (χ0v) is 13.7. The lowest BCUT2D eigenvalue weighted by Gasteiger charge is -2.25. The van der Waals surface area contributed by atoms with Gasteiger partial charge < -0.3 is 15.0 Å². The summed E-state index contributed by atoms with van der Waals surface area (Å²) >= 11 is 1.15. The van der Waals surface area contributed by atoms with Gasteiger partial charge in [0.25, 0.3) is 10.0 Å². The van der Waals surface area contributed by atoms with Crippen LogP contribution in [0.1, 0.15) is 5.56 Å². The van der Waals surface area contributed by atoms with Gasteiger partial charge in [-0.15, -0.1) is 4.40 Å². The highest BCUT2D eigenvalue weighted by atomic mass is 32.2. The molecule has 7 nitrogen and oxygen atoms in total. The first-order valence-electron chi connectivity index (χ1n) is 7.14. The molecule has 23 heavy (non-hydrogen) atoms. The summed E-state index contributed by atoms with van der Waals surface area (Å²) in [4.78, 5) is 6.50. The molecule has 120 valence electrons. The van der Waals surface area contributed by atoms with Crippen LogP contribution in [0.2, 0.25) is 0 Å². The molecule has 1 fully saturated rings. The number of amidine groups is 1. The van der Waals surface area contributed by atoms with E-state index in [1.165, 1.54) is 0 Å². The number of nitrogens with one attached hydrogen (secondary N) is 1. The zero-order valence-electron chi connectivity index (χ0n) is 12.1. The maximum atomic E-state index is 12.5. The number of hydrogen-bond donors (Lipinski definition) is 1. The van der Waals surface area contributed by atoms with E-state index < -0.39 is 10.0 Å². The van der Waals surface area contributed by atoms with Crippen molar-refractivity contribution in [1.82, 2.24) is 4.98 Å². The van der Waals surface area contributed by atoms with E-state index in [4.69, 9.17) is 4.74 Å². The minimum absolute atomic E-state index is 0.165. The number of rotatable bonds is 2. The first kappa shape index (κ1) is 14.6. The van der Waals surface area contributed by atoms with Gasteiger partial charge in [-0.1, -0.05) is 41.7 Å². The Morgan fingerprint density at radius 1 is 1.17 bits per heavy atom. The second-order valence-corrected chi connectivity index (χ2v) is 7.91. The van der Waals surface area contributed by atoms with Crippen LogP contribution in [0, 0.1) is 0 Å². The summed E-state index contributed by atoms with van der Waals surface area (Å²) in [7, 11) is -3.73. The van der Waals surface area contributed by atoms with E-state index in [9.17, 15) is 8.42 Å². The van der Waals surface area contributed by atoms with Gasteiger partial charge in [0.1, 0.15) is 0 Å². The highest BCUT2D eigenvalue weighted by Gasteiger charge is 2.31. The summed E-state index contributed by atoms with van der Waals surface area (Å²) < 4.78 is 34.3. The van der Waals surface area contributed by atoms with Crippen LogP contribution in [0.4, 0.5) is 10.9 Å². The van der Waals surface area contributed by atoms with E-state index in [0.717, 1.165) is 11.3 Å². The lowest BCUT2D eigenvalue weighted by atomic mass is 10.2. The first-order valence-corrected chi connectivity index (χ1v) is 9.40. The molecule has 0 radical (unpaired) electrons. The van der Waals surface area contributed by atoms with Crippen LogP contribution >= 0.6 is 11.3 Å². The normalized spacial score (nSPS) is 19.7. The van der Waals surface area contributed by atoms with Crippen LogP contribution in [-0.4, -0.2) is 45.5 Å². The predicted octanol–water partition coefficient (Wildman–Crippen LogP) is 1.54. The number of aromatic nitrogens is 1. The summed E-state index contributed by atoms with van der Waals surface area (Å²) in [6.07, 6.45) is 0. The van der Waals surface area contributed by atoms with E-state index in [1.807, 2.05) is 35.2 Å². The van der Waals surface area contributed by atoms with Gasteiger partial charge in [0.15, 0.2) is 21.0 Å². The number of nitrogens with zero attached hydrogens (tertiary/aromatic N) is 3. The second-order valence-electron chi connectivity index (χ2n) is 5.14. The van der Waals surface area contributed by atoms with Gasteiger partial charge in [-0.2, -0.15) is 8.42 Å². The van der Waals surface area contributed by atoms with Gasteiger partial charge >= 0.3 is 0 Å². The third-order valence-electron chi connectivity index (χ3n) is 3.60. The summed E-state index contributed by atoms with van der Waals surface area (Å²) in [6.45, 7) is 2.66. The van der Waals surface area contributed by atoms with Crippen molar-refractivity contribution < 1.29 is 13.2 Å². The third-order valence-corrected chi connectivity index (χ3v) is 6.47. The topological polar surface area (TPSA) is 83.9 Å². The Kier molecular flexibility index (Phi) is 3.55. The molecular weight excluding hydrogens is 336 g/mol. The van der Waals surface area contributed by atoms with Crippen molar-refractivity contribution in [2.75, 3.05) is 36.5 Å². The molecule has 0 spiro atoms. The Bertz CT molecular complexity index is 855. The Morgan fingerprint density at radius 3 is 2.65 bits per heavy atom. The maximum Gasteiger partial charge on any atom is 0.297 e. The van der Waals surface area contributed by atoms with E-state index in [-0.39, 0.29) is 4.21 Å². The fraction of sp³-hybridized carbons (Fsp3) is 0.286. The molecule has 3 heterocycles. The summed E-state index contributed by atoms with van der Waals surface area (Å²) in [5, 5.41) is 3.72. The highest BCUT2D eigenvalue weighted by molar-refractivity contribution is 7.92. The van der Waals surface area contributed by atoms with Crippen molar-refractivity contribution in [3.63, 3.8) is 0 Å². The maximum absolute atomic E-state index is 12.5. The van der Waals surface area contributed by atoms with Gasteiger partial charge in [-0.05, 0) is 0 Å². The highest BCUT2D eigenvalue weighted by Crippen LogP contribution is 2.37. The molecule has 0 saturated carbocycles. The number of hydrogen-bond acceptors (Lipinski definition) is 7. The second kappa shape index (κ2) is 5.59. The summed E-state index contributed by atoms with van der Waals surface area (Å²) in [5.74, 6) is 0.655. The van der Waals surface area contributed by atoms with Crippen molar-refractivity contribution in [3.05, 3.63) is 35.9 Å². The molecule has 0 bridgehead atoms. The van der Waals surface area contributed by atoms with Gasteiger partial charge in [-0.3, -0.25) is 0 Å². The Labute approximate surface area is 137 Å². The van der Waals surface area contributed by atoms with Gasteiger partial charge in [0.05, 0.1) is 13.2 Å². The standard InChI is InChI=1S/C14H14N4O3S2/c19-23(20)13-12(15-11(17-23)10-4-2-1-3-5-10)16-14(22-13)18-6-8-21-9-7-18/h1-5H,6-9H2,(H,15,17). The molecule has 2 aromatic rings. The first-order chi connectivity index (χ1) is 11.1. The van der Waals surface area contributed by atoms with Crippen molar-refractivity contribution in [2.24, 2.45) is 4.40 Å². The van der Waals surface area contributed by atoms with Gasteiger partial charge in [0, 0.05) is 18.7 Å². The Balaban J connectivity index is 1.71. The van der Waals surface area contributed by atoms with Crippen LogP contribution in [0.5, 0.6) is 0 Å². The van der Waals surface area contributed by atoms with E-state index >= 15 is 0 Å². The van der Waals surface area contributed by atoms with Gasteiger partial charge in [-0.25, -0.2) is 4.98 Å². The zero-order chi connectivity index (χ0) is 15.9. The Hall–Kier alpha value is -1.97. The number of sulfonamides is 1. The number of anilines is 2.